The topological polar surface area (TPSA) is 13.7 Å². The molecule has 2 nitrogen and oxygen atoms in total. The molecule has 2 aromatic carbocycles. The Balaban J connectivity index is 1.88. The highest BCUT2D eigenvalue weighted by Gasteiger charge is 2.34. The predicted molar refractivity (Wildman–Crippen MR) is 104 cm³/mol. The molecule has 25 heavy (non-hydrogen) atoms. The third-order valence-electron chi connectivity index (χ3n) is 6.51. The van der Waals surface area contributed by atoms with Gasteiger partial charge in [0.2, 0.25) is 0 Å². The number of hydrogen-bond donors (Lipinski definition) is 1. The van der Waals surface area contributed by atoms with E-state index in [1.165, 1.54) is 38.9 Å². The minimum atomic E-state index is 0.193. The minimum Gasteiger partial charge on any atom is -0.361 e. The van der Waals surface area contributed by atoms with Crippen LogP contribution in [0.2, 0.25) is 0 Å². The Hall–Kier alpha value is -1.64. The van der Waals surface area contributed by atoms with Crippen molar-refractivity contribution in [1.82, 2.24) is 0 Å². The fourth-order valence-electron chi connectivity index (χ4n) is 4.25. The third kappa shape index (κ3) is 3.38. The fraction of sp³-hybridized carbons (Fsp3) is 0.478. The van der Waals surface area contributed by atoms with E-state index in [2.05, 4.69) is 71.9 Å². The Morgan fingerprint density at radius 3 is 2.04 bits per heavy atom. The number of quaternary nitrogens is 1. The van der Waals surface area contributed by atoms with Crippen LogP contribution < -0.4 is 4.90 Å². The van der Waals surface area contributed by atoms with Crippen molar-refractivity contribution in [1.29, 1.82) is 0 Å². The maximum Gasteiger partial charge on any atom is 0.134 e. The van der Waals surface area contributed by atoms with Crippen molar-refractivity contribution in [3.8, 4) is 0 Å². The first-order valence-electron chi connectivity index (χ1n) is 9.48. The van der Waals surface area contributed by atoms with Gasteiger partial charge >= 0.3 is 0 Å². The highest BCUT2D eigenvalue weighted by molar-refractivity contribution is 5.49. The SMILES string of the molecule is Cc1c(C)c(C)c(C[NH+]2CCO[C@H](c3ccccc3)[C@H]2C)c(C)c1C. The average molecular weight is 339 g/mol. The van der Waals surface area contributed by atoms with E-state index in [4.69, 9.17) is 4.74 Å². The second-order valence-electron chi connectivity index (χ2n) is 7.68. The van der Waals surface area contributed by atoms with Gasteiger partial charge in [0, 0.05) is 5.56 Å². The third-order valence-corrected chi connectivity index (χ3v) is 6.51. The fourth-order valence-corrected chi connectivity index (χ4v) is 4.25. The summed E-state index contributed by atoms with van der Waals surface area (Å²) in [6, 6.07) is 11.1. The summed E-state index contributed by atoms with van der Waals surface area (Å²) in [5, 5.41) is 0. The van der Waals surface area contributed by atoms with Crippen LogP contribution in [0.25, 0.3) is 0 Å². The molecule has 1 aliphatic heterocycles. The van der Waals surface area contributed by atoms with E-state index in [9.17, 15) is 0 Å². The zero-order valence-corrected chi connectivity index (χ0v) is 16.6. The number of ether oxygens (including phenoxy) is 1. The molecule has 134 valence electrons. The van der Waals surface area contributed by atoms with Gasteiger partial charge in [-0.15, -0.1) is 0 Å². The number of morpholine rings is 1. The van der Waals surface area contributed by atoms with E-state index in [-0.39, 0.29) is 6.10 Å². The molecule has 1 aliphatic rings. The van der Waals surface area contributed by atoms with Crippen molar-refractivity contribution in [2.24, 2.45) is 0 Å². The van der Waals surface area contributed by atoms with E-state index in [1.54, 1.807) is 4.90 Å². The Bertz CT molecular complexity index is 721. The van der Waals surface area contributed by atoms with Crippen molar-refractivity contribution in [3.05, 3.63) is 69.3 Å². The molecule has 0 spiro atoms. The summed E-state index contributed by atoms with van der Waals surface area (Å²) < 4.78 is 6.15. The lowest BCUT2D eigenvalue weighted by Gasteiger charge is -2.37. The molecule has 1 saturated heterocycles. The number of rotatable bonds is 3. The molecule has 3 atom stereocenters. The van der Waals surface area contributed by atoms with Crippen LogP contribution in [0.5, 0.6) is 0 Å². The zero-order valence-electron chi connectivity index (χ0n) is 16.6. The molecule has 1 fully saturated rings. The lowest BCUT2D eigenvalue weighted by Crippen LogP contribution is -3.16. The predicted octanol–water partition coefficient (Wildman–Crippen LogP) is 3.77. The minimum absolute atomic E-state index is 0.193. The first-order chi connectivity index (χ1) is 11.9. The summed E-state index contributed by atoms with van der Waals surface area (Å²) in [5.74, 6) is 0. The van der Waals surface area contributed by atoms with Gasteiger partial charge in [-0.05, 0) is 74.9 Å². The number of benzene rings is 2. The van der Waals surface area contributed by atoms with Gasteiger partial charge in [0.1, 0.15) is 25.2 Å². The first kappa shape index (κ1) is 18.2. The van der Waals surface area contributed by atoms with Gasteiger partial charge in [0.25, 0.3) is 0 Å². The molecule has 0 bridgehead atoms. The molecule has 1 heterocycles. The van der Waals surface area contributed by atoms with Crippen LogP contribution in [0, 0.1) is 34.6 Å². The Morgan fingerprint density at radius 1 is 0.880 bits per heavy atom. The molecular formula is C23H32NO+. The summed E-state index contributed by atoms with van der Waals surface area (Å²) in [6.45, 7) is 16.7. The molecule has 1 unspecified atom stereocenters. The summed E-state index contributed by atoms with van der Waals surface area (Å²) in [4.78, 5) is 1.63. The van der Waals surface area contributed by atoms with E-state index < -0.39 is 0 Å². The molecule has 2 heteroatoms. The molecule has 0 saturated carbocycles. The van der Waals surface area contributed by atoms with Crippen molar-refractivity contribution < 1.29 is 9.64 Å². The van der Waals surface area contributed by atoms with Crippen LogP contribution in [-0.2, 0) is 11.3 Å². The van der Waals surface area contributed by atoms with Gasteiger partial charge < -0.3 is 9.64 Å². The van der Waals surface area contributed by atoms with E-state index in [0.29, 0.717) is 6.04 Å². The molecule has 0 aromatic heterocycles. The Morgan fingerprint density at radius 2 is 1.44 bits per heavy atom. The second-order valence-corrected chi connectivity index (χ2v) is 7.68. The monoisotopic (exact) mass is 338 g/mol. The molecular weight excluding hydrogens is 306 g/mol. The van der Waals surface area contributed by atoms with E-state index in [1.807, 2.05) is 0 Å². The Labute approximate surface area is 152 Å². The van der Waals surface area contributed by atoms with Crippen LogP contribution in [0.1, 0.15) is 52.0 Å². The number of hydrogen-bond acceptors (Lipinski definition) is 1. The smallest absolute Gasteiger partial charge is 0.134 e. The second kappa shape index (κ2) is 7.31. The molecule has 3 rings (SSSR count). The molecule has 1 N–H and O–H groups in total. The van der Waals surface area contributed by atoms with Crippen molar-refractivity contribution >= 4 is 0 Å². The molecule has 0 radical (unpaired) electrons. The zero-order chi connectivity index (χ0) is 18.1. The van der Waals surface area contributed by atoms with Crippen molar-refractivity contribution in [2.45, 2.75) is 60.2 Å². The van der Waals surface area contributed by atoms with Crippen LogP contribution >= 0.6 is 0 Å². The van der Waals surface area contributed by atoms with Crippen LogP contribution in [-0.4, -0.2) is 19.2 Å². The van der Waals surface area contributed by atoms with Crippen molar-refractivity contribution in [2.75, 3.05) is 13.2 Å². The van der Waals surface area contributed by atoms with Gasteiger partial charge in [-0.2, -0.15) is 0 Å². The lowest BCUT2D eigenvalue weighted by atomic mass is 9.89. The lowest BCUT2D eigenvalue weighted by molar-refractivity contribution is -0.950. The van der Waals surface area contributed by atoms with Crippen molar-refractivity contribution in [3.63, 3.8) is 0 Å². The maximum absolute atomic E-state index is 6.15. The van der Waals surface area contributed by atoms with Gasteiger partial charge in [-0.3, -0.25) is 0 Å². The highest BCUT2D eigenvalue weighted by atomic mass is 16.5. The largest absolute Gasteiger partial charge is 0.361 e. The van der Waals surface area contributed by atoms with E-state index in [0.717, 1.165) is 19.7 Å². The Kier molecular flexibility index (Phi) is 5.31. The van der Waals surface area contributed by atoms with Crippen LogP contribution in [0.3, 0.4) is 0 Å². The summed E-state index contributed by atoms with van der Waals surface area (Å²) in [6.07, 6.45) is 0.193. The first-order valence-corrected chi connectivity index (χ1v) is 9.48. The highest BCUT2D eigenvalue weighted by Crippen LogP contribution is 2.26. The summed E-state index contributed by atoms with van der Waals surface area (Å²) >= 11 is 0. The quantitative estimate of drug-likeness (QED) is 0.899. The van der Waals surface area contributed by atoms with Gasteiger partial charge in [0.15, 0.2) is 0 Å². The average Bonchev–Trinajstić information content (AvgIpc) is 2.64. The normalized spacial score (nSPS) is 23.7. The standard InChI is InChI=1S/C23H31NO/c1-15-16(2)18(4)22(19(5)17(15)3)14-24-12-13-25-23(20(24)6)21-10-8-7-9-11-21/h7-11,20,23H,12-14H2,1-6H3/p+1/t20-,23+/m1/s1. The number of nitrogens with one attached hydrogen (secondary N) is 1. The van der Waals surface area contributed by atoms with Gasteiger partial charge in [0.05, 0.1) is 6.61 Å². The summed E-state index contributed by atoms with van der Waals surface area (Å²) in [5.41, 5.74) is 10.2. The molecule has 0 aliphatic carbocycles. The van der Waals surface area contributed by atoms with Crippen LogP contribution in [0.15, 0.2) is 30.3 Å². The molecule has 2 aromatic rings. The maximum atomic E-state index is 6.15. The van der Waals surface area contributed by atoms with Gasteiger partial charge in [-0.25, -0.2) is 0 Å². The van der Waals surface area contributed by atoms with E-state index >= 15 is 0 Å². The van der Waals surface area contributed by atoms with Crippen LogP contribution in [0.4, 0.5) is 0 Å². The summed E-state index contributed by atoms with van der Waals surface area (Å²) in [7, 11) is 0. The van der Waals surface area contributed by atoms with Gasteiger partial charge in [-0.1, -0.05) is 30.3 Å². The molecule has 0 amide bonds.